The molecule has 0 aliphatic carbocycles. The summed E-state index contributed by atoms with van der Waals surface area (Å²) in [5.74, 6) is 1.51. The highest BCUT2D eigenvalue weighted by molar-refractivity contribution is 14.1. The van der Waals surface area contributed by atoms with E-state index in [9.17, 15) is 0 Å². The second kappa shape index (κ2) is 5.73. The summed E-state index contributed by atoms with van der Waals surface area (Å²) in [7, 11) is 0. The van der Waals surface area contributed by atoms with E-state index in [1.807, 2.05) is 12.4 Å². The Kier molecular flexibility index (Phi) is 4.27. The Morgan fingerprint density at radius 3 is 2.83 bits per heavy atom. The highest BCUT2D eigenvalue weighted by Crippen LogP contribution is 2.19. The fourth-order valence-electron chi connectivity index (χ4n) is 1.67. The number of nitrogens with one attached hydrogen (secondary N) is 1. The van der Waals surface area contributed by atoms with Crippen LogP contribution >= 0.6 is 22.6 Å². The molecule has 1 aromatic carbocycles. The van der Waals surface area contributed by atoms with Gasteiger partial charge in [0.2, 0.25) is 5.95 Å². The van der Waals surface area contributed by atoms with Crippen LogP contribution in [0.5, 0.6) is 0 Å². The standard InChI is InChI=1S/C14H18IN3/c1-10(2)9-17-14-16-6-7-18(14)12-5-4-11(3)13(15)8-12/h4-8,10H,9H2,1-3H3,(H,16,17). The lowest BCUT2D eigenvalue weighted by Crippen LogP contribution is -2.12. The molecule has 0 atom stereocenters. The molecule has 0 aliphatic heterocycles. The summed E-state index contributed by atoms with van der Waals surface area (Å²) in [5.41, 5.74) is 2.45. The molecular weight excluding hydrogens is 337 g/mol. The molecule has 96 valence electrons. The van der Waals surface area contributed by atoms with Gasteiger partial charge >= 0.3 is 0 Å². The molecule has 18 heavy (non-hydrogen) atoms. The van der Waals surface area contributed by atoms with Gasteiger partial charge in [-0.2, -0.15) is 0 Å². The number of aromatic nitrogens is 2. The predicted molar refractivity (Wildman–Crippen MR) is 84.3 cm³/mol. The monoisotopic (exact) mass is 355 g/mol. The van der Waals surface area contributed by atoms with Gasteiger partial charge < -0.3 is 5.32 Å². The number of imidazole rings is 1. The molecular formula is C14H18IN3. The van der Waals surface area contributed by atoms with Gasteiger partial charge in [-0.05, 0) is 53.1 Å². The fourth-order valence-corrected chi connectivity index (χ4v) is 2.17. The topological polar surface area (TPSA) is 29.9 Å². The Balaban J connectivity index is 2.27. The van der Waals surface area contributed by atoms with Crippen molar-refractivity contribution < 1.29 is 0 Å². The van der Waals surface area contributed by atoms with Crippen LogP contribution in [0.15, 0.2) is 30.6 Å². The molecule has 3 nitrogen and oxygen atoms in total. The molecule has 0 saturated carbocycles. The van der Waals surface area contributed by atoms with E-state index in [0.29, 0.717) is 5.92 Å². The molecule has 1 heterocycles. The number of hydrogen-bond donors (Lipinski definition) is 1. The van der Waals surface area contributed by atoms with Crippen LogP contribution in [-0.2, 0) is 0 Å². The lowest BCUT2D eigenvalue weighted by atomic mass is 10.2. The smallest absolute Gasteiger partial charge is 0.207 e. The fraction of sp³-hybridized carbons (Fsp3) is 0.357. The molecule has 2 aromatic rings. The largest absolute Gasteiger partial charge is 0.355 e. The van der Waals surface area contributed by atoms with Crippen LogP contribution in [0.3, 0.4) is 0 Å². The molecule has 0 unspecified atom stereocenters. The highest BCUT2D eigenvalue weighted by atomic mass is 127. The third kappa shape index (κ3) is 3.04. The summed E-state index contributed by atoms with van der Waals surface area (Å²) in [6, 6.07) is 6.45. The van der Waals surface area contributed by atoms with Crippen molar-refractivity contribution in [2.75, 3.05) is 11.9 Å². The SMILES string of the molecule is Cc1ccc(-n2ccnc2NCC(C)C)cc1I. The van der Waals surface area contributed by atoms with Crippen LogP contribution in [0.25, 0.3) is 5.69 Å². The molecule has 0 aliphatic rings. The Morgan fingerprint density at radius 2 is 2.17 bits per heavy atom. The molecule has 0 bridgehead atoms. The first-order valence-electron chi connectivity index (χ1n) is 6.11. The van der Waals surface area contributed by atoms with Crippen molar-refractivity contribution in [1.29, 1.82) is 0 Å². The van der Waals surface area contributed by atoms with Gasteiger partial charge in [-0.1, -0.05) is 19.9 Å². The maximum absolute atomic E-state index is 4.37. The lowest BCUT2D eigenvalue weighted by Gasteiger charge is -2.12. The minimum absolute atomic E-state index is 0.605. The zero-order valence-electron chi connectivity index (χ0n) is 10.9. The van der Waals surface area contributed by atoms with Gasteiger partial charge in [0.25, 0.3) is 0 Å². The van der Waals surface area contributed by atoms with Crippen LogP contribution in [0, 0.1) is 16.4 Å². The van der Waals surface area contributed by atoms with Crippen molar-refractivity contribution >= 4 is 28.5 Å². The van der Waals surface area contributed by atoms with Crippen molar-refractivity contribution in [2.24, 2.45) is 5.92 Å². The predicted octanol–water partition coefficient (Wildman–Crippen LogP) is 3.85. The number of rotatable bonds is 4. The zero-order valence-corrected chi connectivity index (χ0v) is 13.1. The van der Waals surface area contributed by atoms with Crippen molar-refractivity contribution in [1.82, 2.24) is 9.55 Å². The zero-order chi connectivity index (χ0) is 13.1. The van der Waals surface area contributed by atoms with E-state index in [0.717, 1.165) is 18.2 Å². The molecule has 1 aromatic heterocycles. The van der Waals surface area contributed by atoms with E-state index >= 15 is 0 Å². The van der Waals surface area contributed by atoms with Gasteiger partial charge in [-0.3, -0.25) is 4.57 Å². The first-order valence-corrected chi connectivity index (χ1v) is 7.19. The lowest BCUT2D eigenvalue weighted by molar-refractivity contribution is 0.683. The number of hydrogen-bond acceptors (Lipinski definition) is 2. The van der Waals surface area contributed by atoms with Crippen molar-refractivity contribution in [3.8, 4) is 5.69 Å². The third-order valence-corrected chi connectivity index (χ3v) is 3.90. The van der Waals surface area contributed by atoms with Gasteiger partial charge in [0, 0.05) is 28.2 Å². The number of aryl methyl sites for hydroxylation is 1. The Morgan fingerprint density at radius 1 is 1.39 bits per heavy atom. The van der Waals surface area contributed by atoms with Crippen LogP contribution < -0.4 is 5.32 Å². The Hall–Kier alpha value is -1.04. The molecule has 0 spiro atoms. The van der Waals surface area contributed by atoms with Gasteiger partial charge in [-0.25, -0.2) is 4.98 Å². The van der Waals surface area contributed by atoms with E-state index in [1.165, 1.54) is 9.13 Å². The summed E-state index contributed by atoms with van der Waals surface area (Å²) in [6.45, 7) is 7.43. The summed E-state index contributed by atoms with van der Waals surface area (Å²) in [4.78, 5) is 4.37. The van der Waals surface area contributed by atoms with E-state index in [4.69, 9.17) is 0 Å². The van der Waals surface area contributed by atoms with Gasteiger partial charge in [-0.15, -0.1) is 0 Å². The van der Waals surface area contributed by atoms with Crippen LogP contribution in [0.4, 0.5) is 5.95 Å². The van der Waals surface area contributed by atoms with Crippen LogP contribution in [0.1, 0.15) is 19.4 Å². The second-order valence-corrected chi connectivity index (χ2v) is 5.99. The van der Waals surface area contributed by atoms with Crippen molar-refractivity contribution in [2.45, 2.75) is 20.8 Å². The van der Waals surface area contributed by atoms with Crippen molar-refractivity contribution in [3.63, 3.8) is 0 Å². The minimum Gasteiger partial charge on any atom is -0.355 e. The minimum atomic E-state index is 0.605. The summed E-state index contributed by atoms with van der Waals surface area (Å²) >= 11 is 2.36. The normalized spacial score (nSPS) is 10.9. The number of benzene rings is 1. The molecule has 0 radical (unpaired) electrons. The quantitative estimate of drug-likeness (QED) is 0.845. The molecule has 0 saturated heterocycles. The molecule has 4 heteroatoms. The van der Waals surface area contributed by atoms with Crippen molar-refractivity contribution in [3.05, 3.63) is 39.7 Å². The molecule has 2 rings (SSSR count). The second-order valence-electron chi connectivity index (χ2n) is 4.83. The molecule has 0 fully saturated rings. The number of anilines is 1. The summed E-state index contributed by atoms with van der Waals surface area (Å²) in [5, 5.41) is 3.37. The van der Waals surface area contributed by atoms with Crippen LogP contribution in [-0.4, -0.2) is 16.1 Å². The Bertz CT molecular complexity index is 532. The maximum atomic E-state index is 4.37. The summed E-state index contributed by atoms with van der Waals surface area (Å²) in [6.07, 6.45) is 3.82. The van der Waals surface area contributed by atoms with Crippen LogP contribution in [0.2, 0.25) is 0 Å². The van der Waals surface area contributed by atoms with E-state index in [1.54, 1.807) is 0 Å². The van der Waals surface area contributed by atoms with Gasteiger partial charge in [0.05, 0.1) is 0 Å². The first-order chi connectivity index (χ1) is 8.58. The van der Waals surface area contributed by atoms with E-state index in [-0.39, 0.29) is 0 Å². The van der Waals surface area contributed by atoms with Gasteiger partial charge in [0.15, 0.2) is 0 Å². The average Bonchev–Trinajstić information content (AvgIpc) is 2.78. The average molecular weight is 355 g/mol. The summed E-state index contributed by atoms with van der Waals surface area (Å²) < 4.78 is 3.36. The van der Waals surface area contributed by atoms with Gasteiger partial charge in [0.1, 0.15) is 0 Å². The molecule has 1 N–H and O–H groups in total. The number of nitrogens with zero attached hydrogens (tertiary/aromatic N) is 2. The Labute approximate surface area is 122 Å². The highest BCUT2D eigenvalue weighted by Gasteiger charge is 2.06. The maximum Gasteiger partial charge on any atom is 0.207 e. The van der Waals surface area contributed by atoms with E-state index in [2.05, 4.69) is 76.4 Å². The third-order valence-electron chi connectivity index (χ3n) is 2.74. The molecule has 0 amide bonds. The van der Waals surface area contributed by atoms with E-state index < -0.39 is 0 Å². The number of halogens is 1. The first kappa shape index (κ1) is 13.4.